The maximum absolute atomic E-state index is 11.4. The third kappa shape index (κ3) is 3.42. The van der Waals surface area contributed by atoms with E-state index in [1.165, 1.54) is 13.4 Å². The molecule has 0 aliphatic carbocycles. The number of carbonyl (C=O) groups excluding carboxylic acids is 1. The molecule has 1 rings (SSSR count). The van der Waals surface area contributed by atoms with Crippen molar-refractivity contribution in [3.05, 3.63) is 24.2 Å². The van der Waals surface area contributed by atoms with Crippen molar-refractivity contribution in [3.63, 3.8) is 0 Å². The lowest BCUT2D eigenvalue weighted by Crippen LogP contribution is -2.21. The fourth-order valence-electron chi connectivity index (χ4n) is 0.875. The fourth-order valence-corrected chi connectivity index (χ4v) is 0.875. The van der Waals surface area contributed by atoms with E-state index >= 15 is 0 Å². The molecule has 5 heteroatoms. The normalized spacial score (nSPS) is 12.4. The minimum Gasteiger partial charge on any atom is -0.464 e. The molecule has 16 heavy (non-hydrogen) atoms. The van der Waals surface area contributed by atoms with Gasteiger partial charge in [0.25, 0.3) is 0 Å². The van der Waals surface area contributed by atoms with Gasteiger partial charge >= 0.3 is 5.97 Å². The molecule has 0 amide bonds. The van der Waals surface area contributed by atoms with Gasteiger partial charge in [0.05, 0.1) is 13.4 Å². The summed E-state index contributed by atoms with van der Waals surface area (Å²) in [6.07, 6.45) is 1.45. The van der Waals surface area contributed by atoms with Crippen molar-refractivity contribution < 1.29 is 18.8 Å². The zero-order chi connectivity index (χ0) is 12.2. The van der Waals surface area contributed by atoms with Gasteiger partial charge in [0.1, 0.15) is 5.60 Å². The summed E-state index contributed by atoms with van der Waals surface area (Å²) in [6, 6.07) is 3.27. The second kappa shape index (κ2) is 4.83. The first-order chi connectivity index (χ1) is 7.44. The minimum atomic E-state index is -0.598. The highest BCUT2D eigenvalue weighted by atomic mass is 16.7. The summed E-state index contributed by atoms with van der Waals surface area (Å²) in [5.74, 6) is -0.282. The first kappa shape index (κ1) is 12.3. The SMILES string of the molecule is COC(=O)/C(=N\OC(C)(C)C)c1ccco1. The number of nitrogens with zero attached hydrogens (tertiary/aromatic N) is 1. The van der Waals surface area contributed by atoms with Crippen LogP contribution in [-0.2, 0) is 14.4 Å². The number of furan rings is 1. The van der Waals surface area contributed by atoms with Crippen LogP contribution in [0.4, 0.5) is 0 Å². The maximum atomic E-state index is 11.4. The topological polar surface area (TPSA) is 61.0 Å². The van der Waals surface area contributed by atoms with E-state index in [9.17, 15) is 4.79 Å². The number of oxime groups is 1. The molecule has 0 saturated carbocycles. The molecule has 5 nitrogen and oxygen atoms in total. The third-order valence-corrected chi connectivity index (χ3v) is 1.54. The molecular formula is C11H15NO4. The lowest BCUT2D eigenvalue weighted by molar-refractivity contribution is -0.133. The van der Waals surface area contributed by atoms with Crippen molar-refractivity contribution in [1.82, 2.24) is 0 Å². The van der Waals surface area contributed by atoms with E-state index in [0.717, 1.165) is 0 Å². The molecule has 0 bridgehead atoms. The Labute approximate surface area is 94.0 Å². The first-order valence-electron chi connectivity index (χ1n) is 4.82. The Balaban J connectivity index is 2.93. The molecule has 0 unspecified atom stereocenters. The van der Waals surface area contributed by atoms with Crippen molar-refractivity contribution in [2.45, 2.75) is 26.4 Å². The van der Waals surface area contributed by atoms with E-state index in [1.807, 2.05) is 20.8 Å². The quantitative estimate of drug-likeness (QED) is 0.448. The van der Waals surface area contributed by atoms with Crippen molar-refractivity contribution >= 4 is 11.7 Å². The van der Waals surface area contributed by atoms with Gasteiger partial charge in [-0.1, -0.05) is 5.16 Å². The molecule has 1 aromatic rings. The molecular weight excluding hydrogens is 210 g/mol. The van der Waals surface area contributed by atoms with Gasteiger partial charge in [0.15, 0.2) is 5.76 Å². The van der Waals surface area contributed by atoms with Crippen LogP contribution in [0.1, 0.15) is 26.5 Å². The number of carbonyl (C=O) groups is 1. The Hall–Kier alpha value is -1.78. The molecule has 1 heterocycles. The smallest absolute Gasteiger partial charge is 0.364 e. The summed E-state index contributed by atoms with van der Waals surface area (Å²) in [6.45, 7) is 5.48. The Morgan fingerprint density at radius 1 is 1.44 bits per heavy atom. The molecule has 0 fully saturated rings. The van der Waals surface area contributed by atoms with Crippen LogP contribution < -0.4 is 0 Å². The van der Waals surface area contributed by atoms with Crippen molar-refractivity contribution in [1.29, 1.82) is 0 Å². The average molecular weight is 225 g/mol. The standard InChI is InChI=1S/C11H15NO4/c1-11(2,3)16-12-9(10(13)14-4)8-6-5-7-15-8/h5-7H,1-4H3/b12-9-. The van der Waals surface area contributed by atoms with Gasteiger partial charge in [-0.05, 0) is 32.9 Å². The highest BCUT2D eigenvalue weighted by Gasteiger charge is 2.20. The summed E-state index contributed by atoms with van der Waals surface area (Å²) in [5.41, 5.74) is -0.464. The molecule has 0 atom stereocenters. The molecule has 0 aromatic carbocycles. The zero-order valence-corrected chi connectivity index (χ0v) is 9.81. The summed E-state index contributed by atoms with van der Waals surface area (Å²) in [7, 11) is 1.28. The fraction of sp³-hybridized carbons (Fsp3) is 0.455. The summed E-state index contributed by atoms with van der Waals surface area (Å²) >= 11 is 0. The summed E-state index contributed by atoms with van der Waals surface area (Å²) < 4.78 is 9.66. The Morgan fingerprint density at radius 2 is 2.12 bits per heavy atom. The van der Waals surface area contributed by atoms with Crippen LogP contribution in [0.25, 0.3) is 0 Å². The van der Waals surface area contributed by atoms with Gasteiger partial charge in [0, 0.05) is 0 Å². The number of hydrogen-bond donors (Lipinski definition) is 0. The monoisotopic (exact) mass is 225 g/mol. The predicted octanol–water partition coefficient (Wildman–Crippen LogP) is 1.97. The lowest BCUT2D eigenvalue weighted by atomic mass is 10.2. The summed E-state index contributed by atoms with van der Waals surface area (Å²) in [4.78, 5) is 16.6. The van der Waals surface area contributed by atoms with Gasteiger partial charge < -0.3 is 14.0 Å². The number of hydrogen-bond acceptors (Lipinski definition) is 5. The molecule has 0 radical (unpaired) electrons. The predicted molar refractivity (Wildman–Crippen MR) is 58.1 cm³/mol. The number of methoxy groups -OCH3 is 1. The van der Waals surface area contributed by atoms with Gasteiger partial charge in [-0.25, -0.2) is 4.79 Å². The number of ether oxygens (including phenoxy) is 1. The minimum absolute atomic E-state index is 0.0161. The Morgan fingerprint density at radius 3 is 2.56 bits per heavy atom. The molecule has 88 valence electrons. The van der Waals surface area contributed by atoms with Crippen molar-refractivity contribution in [3.8, 4) is 0 Å². The van der Waals surface area contributed by atoms with Crippen LogP contribution in [0.5, 0.6) is 0 Å². The lowest BCUT2D eigenvalue weighted by Gasteiger charge is -2.15. The second-order valence-corrected chi connectivity index (χ2v) is 4.11. The van der Waals surface area contributed by atoms with E-state index in [1.54, 1.807) is 12.1 Å². The highest BCUT2D eigenvalue weighted by Crippen LogP contribution is 2.10. The second-order valence-electron chi connectivity index (χ2n) is 4.11. The van der Waals surface area contributed by atoms with Gasteiger partial charge in [-0.3, -0.25) is 0 Å². The highest BCUT2D eigenvalue weighted by molar-refractivity contribution is 6.42. The Bertz CT molecular complexity index is 373. The van der Waals surface area contributed by atoms with Gasteiger partial charge in [-0.15, -0.1) is 0 Å². The van der Waals surface area contributed by atoms with E-state index < -0.39 is 11.6 Å². The number of rotatable bonds is 3. The number of esters is 1. The van der Waals surface area contributed by atoms with E-state index in [4.69, 9.17) is 9.25 Å². The molecule has 0 aliphatic rings. The largest absolute Gasteiger partial charge is 0.464 e. The Kier molecular flexibility index (Phi) is 3.71. The average Bonchev–Trinajstić information content (AvgIpc) is 2.69. The van der Waals surface area contributed by atoms with E-state index in [2.05, 4.69) is 9.89 Å². The summed E-state index contributed by atoms with van der Waals surface area (Å²) in [5, 5.41) is 3.76. The first-order valence-corrected chi connectivity index (χ1v) is 4.82. The van der Waals surface area contributed by atoms with Crippen LogP contribution >= 0.6 is 0 Å². The molecule has 0 aliphatic heterocycles. The molecule has 0 spiro atoms. The third-order valence-electron chi connectivity index (χ3n) is 1.54. The van der Waals surface area contributed by atoms with E-state index in [-0.39, 0.29) is 5.71 Å². The van der Waals surface area contributed by atoms with Crippen LogP contribution in [0.3, 0.4) is 0 Å². The van der Waals surface area contributed by atoms with Crippen LogP contribution in [0.2, 0.25) is 0 Å². The molecule has 0 N–H and O–H groups in total. The molecule has 1 aromatic heterocycles. The van der Waals surface area contributed by atoms with Crippen molar-refractivity contribution in [2.75, 3.05) is 7.11 Å². The zero-order valence-electron chi connectivity index (χ0n) is 9.81. The maximum Gasteiger partial charge on any atom is 0.364 e. The molecule has 0 saturated heterocycles. The van der Waals surface area contributed by atoms with Crippen molar-refractivity contribution in [2.24, 2.45) is 5.16 Å². The van der Waals surface area contributed by atoms with Crippen LogP contribution in [0.15, 0.2) is 28.0 Å². The van der Waals surface area contributed by atoms with Gasteiger partial charge in [-0.2, -0.15) is 0 Å². The van der Waals surface area contributed by atoms with Crippen LogP contribution in [0, 0.1) is 0 Å². The van der Waals surface area contributed by atoms with Crippen LogP contribution in [-0.4, -0.2) is 24.4 Å². The van der Waals surface area contributed by atoms with Gasteiger partial charge in [0.2, 0.25) is 5.71 Å². The van der Waals surface area contributed by atoms with E-state index in [0.29, 0.717) is 5.76 Å².